The smallest absolute Gasteiger partial charge is 0.325 e. The second-order valence-electron chi connectivity index (χ2n) is 6.34. The highest BCUT2D eigenvalue weighted by Crippen LogP contribution is 2.31. The lowest BCUT2D eigenvalue weighted by Crippen LogP contribution is -1.94. The van der Waals surface area contributed by atoms with Crippen LogP contribution in [0.5, 0.6) is 17.5 Å². The summed E-state index contributed by atoms with van der Waals surface area (Å²) in [5, 5.41) is 11.9. The zero-order chi connectivity index (χ0) is 19.1. The molecule has 0 aliphatic heterocycles. The van der Waals surface area contributed by atoms with E-state index in [4.69, 9.17) is 9.15 Å². The molecule has 0 fully saturated rings. The Morgan fingerprint density at radius 1 is 1.04 bits per heavy atom. The predicted molar refractivity (Wildman–Crippen MR) is 95.9 cm³/mol. The van der Waals surface area contributed by atoms with Crippen LogP contribution in [0.1, 0.15) is 16.7 Å². The molecule has 135 valence electrons. The number of aromatic nitrogens is 3. The summed E-state index contributed by atoms with van der Waals surface area (Å²) in [6, 6.07) is 7.91. The van der Waals surface area contributed by atoms with E-state index in [0.717, 1.165) is 5.56 Å². The van der Waals surface area contributed by atoms with Crippen LogP contribution in [0.3, 0.4) is 0 Å². The Hall–Kier alpha value is -3.48. The first kappa shape index (κ1) is 17.0. The minimum Gasteiger partial charge on any atom is -0.421 e. The molecule has 0 bridgehead atoms. The highest BCUT2D eigenvalue weighted by atomic mass is 19.1. The van der Waals surface area contributed by atoms with Gasteiger partial charge in [0.25, 0.3) is 5.71 Å². The SMILES string of the molecule is Cc1ccc(F)c(Oc2ncc3nc(-c4cc(C)c([O])c(C)c4)oc3n2)c1. The quantitative estimate of drug-likeness (QED) is 0.494. The summed E-state index contributed by atoms with van der Waals surface area (Å²) in [6.07, 6.45) is 1.44. The zero-order valence-electron chi connectivity index (χ0n) is 14.9. The van der Waals surface area contributed by atoms with Gasteiger partial charge in [0, 0.05) is 5.56 Å². The molecule has 27 heavy (non-hydrogen) atoms. The molecule has 0 aliphatic rings. The summed E-state index contributed by atoms with van der Waals surface area (Å²) in [4.78, 5) is 12.6. The van der Waals surface area contributed by atoms with Crippen LogP contribution in [0.4, 0.5) is 4.39 Å². The van der Waals surface area contributed by atoms with Gasteiger partial charge >= 0.3 is 6.01 Å². The van der Waals surface area contributed by atoms with E-state index in [1.807, 2.05) is 6.92 Å². The zero-order valence-corrected chi connectivity index (χ0v) is 14.9. The number of oxazole rings is 1. The molecule has 0 amide bonds. The van der Waals surface area contributed by atoms with Crippen LogP contribution < -0.4 is 4.74 Å². The van der Waals surface area contributed by atoms with Crippen LogP contribution in [-0.4, -0.2) is 15.0 Å². The number of benzene rings is 2. The van der Waals surface area contributed by atoms with Gasteiger partial charge in [0.05, 0.1) is 6.20 Å². The van der Waals surface area contributed by atoms with E-state index in [0.29, 0.717) is 28.1 Å². The number of fused-ring (bicyclic) bond motifs is 1. The minimum absolute atomic E-state index is 0.00878. The van der Waals surface area contributed by atoms with E-state index in [-0.39, 0.29) is 23.2 Å². The van der Waals surface area contributed by atoms with Gasteiger partial charge < -0.3 is 9.15 Å². The molecule has 2 aromatic carbocycles. The molecule has 4 aromatic rings. The van der Waals surface area contributed by atoms with Crippen molar-refractivity contribution in [1.29, 1.82) is 0 Å². The molecule has 0 spiro atoms. The molecule has 0 unspecified atom stereocenters. The van der Waals surface area contributed by atoms with Crippen molar-refractivity contribution in [1.82, 2.24) is 15.0 Å². The fourth-order valence-electron chi connectivity index (χ4n) is 2.75. The molecule has 0 aliphatic carbocycles. The average molecular weight is 364 g/mol. The first-order valence-electron chi connectivity index (χ1n) is 8.27. The molecule has 0 N–H and O–H groups in total. The Balaban J connectivity index is 1.71. The lowest BCUT2D eigenvalue weighted by atomic mass is 10.1. The van der Waals surface area contributed by atoms with Gasteiger partial charge in [-0.05, 0) is 61.7 Å². The van der Waals surface area contributed by atoms with Gasteiger partial charge in [-0.1, -0.05) is 6.07 Å². The van der Waals surface area contributed by atoms with Gasteiger partial charge in [-0.2, -0.15) is 4.98 Å². The molecule has 0 saturated carbocycles. The largest absolute Gasteiger partial charge is 0.421 e. The maximum atomic E-state index is 13.9. The molecular weight excluding hydrogens is 349 g/mol. The van der Waals surface area contributed by atoms with E-state index in [9.17, 15) is 9.50 Å². The number of aryl methyl sites for hydroxylation is 3. The fourth-order valence-corrected chi connectivity index (χ4v) is 2.75. The van der Waals surface area contributed by atoms with Gasteiger partial charge in [-0.15, -0.1) is 0 Å². The summed E-state index contributed by atoms with van der Waals surface area (Å²) in [5.74, 6) is -0.160. The van der Waals surface area contributed by atoms with E-state index in [1.165, 1.54) is 12.3 Å². The van der Waals surface area contributed by atoms with Crippen molar-refractivity contribution < 1.29 is 18.7 Å². The first-order valence-corrected chi connectivity index (χ1v) is 8.27. The number of hydrogen-bond donors (Lipinski definition) is 0. The Bertz CT molecular complexity index is 1150. The van der Waals surface area contributed by atoms with Crippen molar-refractivity contribution in [3.05, 3.63) is 59.0 Å². The molecule has 2 aromatic heterocycles. The van der Waals surface area contributed by atoms with Gasteiger partial charge in [0.1, 0.15) is 5.52 Å². The highest BCUT2D eigenvalue weighted by molar-refractivity contribution is 5.72. The van der Waals surface area contributed by atoms with Crippen LogP contribution in [-0.2, 0) is 5.11 Å². The van der Waals surface area contributed by atoms with Crippen LogP contribution in [0.2, 0.25) is 0 Å². The fraction of sp³-hybridized carbons (Fsp3) is 0.150. The van der Waals surface area contributed by atoms with E-state index in [1.54, 1.807) is 38.1 Å². The van der Waals surface area contributed by atoms with E-state index >= 15 is 0 Å². The lowest BCUT2D eigenvalue weighted by molar-refractivity contribution is 0.348. The monoisotopic (exact) mass is 364 g/mol. The van der Waals surface area contributed by atoms with Crippen molar-refractivity contribution in [2.75, 3.05) is 0 Å². The van der Waals surface area contributed by atoms with Crippen LogP contribution in [0.25, 0.3) is 22.7 Å². The predicted octanol–water partition coefficient (Wildman–Crippen LogP) is 5.29. The summed E-state index contributed by atoms with van der Waals surface area (Å²) >= 11 is 0. The summed E-state index contributed by atoms with van der Waals surface area (Å²) in [7, 11) is 0. The third-order valence-electron chi connectivity index (χ3n) is 4.12. The maximum Gasteiger partial charge on any atom is 0.325 e. The molecule has 2 heterocycles. The van der Waals surface area contributed by atoms with Crippen molar-refractivity contribution in [3.63, 3.8) is 0 Å². The van der Waals surface area contributed by atoms with Gasteiger partial charge in [0.2, 0.25) is 5.89 Å². The van der Waals surface area contributed by atoms with Crippen molar-refractivity contribution in [3.8, 4) is 29.0 Å². The molecule has 0 saturated heterocycles. The molecule has 1 radical (unpaired) electrons. The number of nitrogens with zero attached hydrogens (tertiary/aromatic N) is 3. The van der Waals surface area contributed by atoms with Gasteiger partial charge in [0.15, 0.2) is 17.3 Å². The first-order chi connectivity index (χ1) is 12.9. The third-order valence-corrected chi connectivity index (χ3v) is 4.12. The normalized spacial score (nSPS) is 11.1. The summed E-state index contributed by atoms with van der Waals surface area (Å²) in [6.45, 7) is 5.31. The summed E-state index contributed by atoms with van der Waals surface area (Å²) in [5.41, 5.74) is 3.39. The summed E-state index contributed by atoms with van der Waals surface area (Å²) < 4.78 is 25.0. The second kappa shape index (κ2) is 6.35. The number of halogens is 1. The van der Waals surface area contributed by atoms with Gasteiger partial charge in [-0.25, -0.2) is 14.4 Å². The Morgan fingerprint density at radius 2 is 1.78 bits per heavy atom. The van der Waals surface area contributed by atoms with Crippen molar-refractivity contribution in [2.45, 2.75) is 20.8 Å². The van der Waals surface area contributed by atoms with E-state index in [2.05, 4.69) is 15.0 Å². The van der Waals surface area contributed by atoms with E-state index < -0.39 is 5.82 Å². The third kappa shape index (κ3) is 3.19. The molecule has 6 nitrogen and oxygen atoms in total. The van der Waals surface area contributed by atoms with Crippen LogP contribution in [0, 0.1) is 26.6 Å². The maximum absolute atomic E-state index is 13.9. The molecule has 7 heteroatoms. The van der Waals surface area contributed by atoms with Crippen molar-refractivity contribution in [2.24, 2.45) is 0 Å². The Labute approximate surface area is 154 Å². The standard InChI is InChI=1S/C20H15FN3O3/c1-10-4-5-14(21)16(6-10)26-20-22-9-15-19(24-20)27-18(23-15)13-7-11(2)17(25)12(3)8-13/h4-9H,1-3H3. The number of ether oxygens (including phenoxy) is 1. The lowest BCUT2D eigenvalue weighted by Gasteiger charge is -2.05. The minimum atomic E-state index is -0.508. The number of rotatable bonds is 3. The van der Waals surface area contributed by atoms with Crippen molar-refractivity contribution >= 4 is 11.2 Å². The Morgan fingerprint density at radius 3 is 2.52 bits per heavy atom. The van der Waals surface area contributed by atoms with Crippen LogP contribution >= 0.6 is 0 Å². The molecule has 0 atom stereocenters. The number of hydrogen-bond acceptors (Lipinski definition) is 5. The second-order valence-corrected chi connectivity index (χ2v) is 6.34. The average Bonchev–Trinajstić information content (AvgIpc) is 3.06. The van der Waals surface area contributed by atoms with Gasteiger partial charge in [-0.3, -0.25) is 5.11 Å². The Kier molecular flexibility index (Phi) is 3.99. The molecular formula is C20H15FN3O3. The highest BCUT2D eigenvalue weighted by Gasteiger charge is 2.15. The van der Waals surface area contributed by atoms with Crippen LogP contribution in [0.15, 0.2) is 40.9 Å². The molecule has 4 rings (SSSR count). The topological polar surface area (TPSA) is 80.9 Å².